The van der Waals surface area contributed by atoms with Gasteiger partial charge in [-0.15, -0.1) is 0 Å². The fourth-order valence-electron chi connectivity index (χ4n) is 5.36. The number of para-hydroxylation sites is 4. The predicted octanol–water partition coefficient (Wildman–Crippen LogP) is 9.56. The number of nitrogens with zero attached hydrogens (tertiary/aromatic N) is 2. The van der Waals surface area contributed by atoms with Gasteiger partial charge in [-0.2, -0.15) is 0 Å². The monoisotopic (exact) mass is 492 g/mol. The average molecular weight is 493 g/mol. The van der Waals surface area contributed by atoms with Gasteiger partial charge in [0.2, 0.25) is 0 Å². The second kappa shape index (κ2) is 8.46. The quantitative estimate of drug-likeness (QED) is 0.246. The molecule has 2 heterocycles. The molecule has 0 saturated carbocycles. The van der Waals surface area contributed by atoms with Crippen LogP contribution in [0.4, 0.5) is 0 Å². The fourth-order valence-corrected chi connectivity index (χ4v) is 5.36. The van der Waals surface area contributed by atoms with Crippen LogP contribution < -0.4 is 0 Å². The van der Waals surface area contributed by atoms with Gasteiger partial charge < -0.3 is 4.42 Å². The minimum absolute atomic E-state index is 0.108. The van der Waals surface area contributed by atoms with E-state index in [2.05, 4.69) is 122 Å². The highest BCUT2D eigenvalue weighted by molar-refractivity contribution is 6.09. The summed E-state index contributed by atoms with van der Waals surface area (Å²) in [4.78, 5) is 5.06. The summed E-state index contributed by atoms with van der Waals surface area (Å²) >= 11 is 0. The Morgan fingerprint density at radius 3 is 2.11 bits per heavy atom. The minimum atomic E-state index is 0.108. The topological polar surface area (TPSA) is 31.0 Å². The third-order valence-electron chi connectivity index (χ3n) is 7.41. The van der Waals surface area contributed by atoms with E-state index >= 15 is 0 Å². The molecule has 7 aromatic rings. The van der Waals surface area contributed by atoms with Gasteiger partial charge >= 0.3 is 0 Å². The van der Waals surface area contributed by atoms with Gasteiger partial charge in [0.15, 0.2) is 0 Å². The third kappa shape index (κ3) is 3.62. The van der Waals surface area contributed by atoms with Crippen LogP contribution in [0.3, 0.4) is 0 Å². The number of furan rings is 1. The third-order valence-corrected chi connectivity index (χ3v) is 7.41. The minimum Gasteiger partial charge on any atom is -0.455 e. The van der Waals surface area contributed by atoms with Crippen molar-refractivity contribution in [3.8, 4) is 28.2 Å². The Bertz CT molecular complexity index is 1930. The number of imidazole rings is 1. The molecule has 0 atom stereocenters. The zero-order valence-corrected chi connectivity index (χ0v) is 21.8. The maximum Gasteiger partial charge on any atom is 0.145 e. The molecule has 0 unspecified atom stereocenters. The predicted molar refractivity (Wildman–Crippen MR) is 158 cm³/mol. The van der Waals surface area contributed by atoms with Crippen LogP contribution in [0.1, 0.15) is 26.3 Å². The van der Waals surface area contributed by atoms with Crippen molar-refractivity contribution < 1.29 is 4.42 Å². The van der Waals surface area contributed by atoms with Gasteiger partial charge in [0.1, 0.15) is 17.0 Å². The second-order valence-electron chi connectivity index (χ2n) is 10.9. The first kappa shape index (κ1) is 22.6. The summed E-state index contributed by atoms with van der Waals surface area (Å²) in [6, 6.07) is 40.5. The van der Waals surface area contributed by atoms with E-state index in [0.29, 0.717) is 0 Å². The van der Waals surface area contributed by atoms with E-state index in [4.69, 9.17) is 9.40 Å². The Hall–Kier alpha value is -4.63. The van der Waals surface area contributed by atoms with E-state index < -0.39 is 0 Å². The molecular weight excluding hydrogens is 464 g/mol. The first-order valence-electron chi connectivity index (χ1n) is 13.1. The lowest BCUT2D eigenvalue weighted by atomic mass is 9.87. The van der Waals surface area contributed by atoms with Crippen LogP contribution in [0, 0.1) is 0 Å². The molecule has 0 aliphatic rings. The average Bonchev–Trinajstić information content (AvgIpc) is 3.52. The highest BCUT2D eigenvalue weighted by Gasteiger charge is 2.18. The summed E-state index contributed by atoms with van der Waals surface area (Å²) < 4.78 is 8.55. The second-order valence-corrected chi connectivity index (χ2v) is 10.9. The fraction of sp³-hybridized carbons (Fsp3) is 0.114. The summed E-state index contributed by atoms with van der Waals surface area (Å²) in [5.74, 6) is 0.934. The van der Waals surface area contributed by atoms with Crippen molar-refractivity contribution in [2.45, 2.75) is 26.2 Å². The Morgan fingerprint density at radius 2 is 1.32 bits per heavy atom. The molecule has 184 valence electrons. The molecule has 5 aromatic carbocycles. The van der Waals surface area contributed by atoms with Crippen LogP contribution >= 0.6 is 0 Å². The number of hydrogen-bond acceptors (Lipinski definition) is 2. The van der Waals surface area contributed by atoms with Crippen molar-refractivity contribution in [1.29, 1.82) is 0 Å². The van der Waals surface area contributed by atoms with E-state index in [1.807, 2.05) is 18.2 Å². The molecule has 7 rings (SSSR count). The van der Waals surface area contributed by atoms with E-state index in [1.165, 1.54) is 5.56 Å². The summed E-state index contributed by atoms with van der Waals surface area (Å²) in [6.45, 7) is 6.73. The lowest BCUT2D eigenvalue weighted by molar-refractivity contribution is 0.590. The Labute approximate surface area is 222 Å². The van der Waals surface area contributed by atoms with Gasteiger partial charge in [-0.1, -0.05) is 106 Å². The normalized spacial score (nSPS) is 12.1. The molecule has 0 amide bonds. The van der Waals surface area contributed by atoms with Crippen LogP contribution in [0.5, 0.6) is 0 Å². The highest BCUT2D eigenvalue weighted by Crippen LogP contribution is 2.37. The van der Waals surface area contributed by atoms with Gasteiger partial charge in [-0.05, 0) is 46.9 Å². The number of rotatable bonds is 3. The lowest BCUT2D eigenvalue weighted by Crippen LogP contribution is -2.11. The van der Waals surface area contributed by atoms with Gasteiger partial charge in [-0.3, -0.25) is 4.57 Å². The molecule has 0 spiro atoms. The molecule has 0 fully saturated rings. The van der Waals surface area contributed by atoms with Crippen molar-refractivity contribution in [2.75, 3.05) is 0 Å². The van der Waals surface area contributed by atoms with E-state index in [-0.39, 0.29) is 5.41 Å². The Morgan fingerprint density at radius 1 is 0.632 bits per heavy atom. The van der Waals surface area contributed by atoms with Gasteiger partial charge in [-0.25, -0.2) is 4.98 Å². The molecule has 3 heteroatoms. The molecule has 38 heavy (non-hydrogen) atoms. The molecule has 0 aliphatic heterocycles. The van der Waals surface area contributed by atoms with Gasteiger partial charge in [0, 0.05) is 27.6 Å². The molecule has 0 radical (unpaired) electrons. The number of benzene rings is 5. The van der Waals surface area contributed by atoms with Gasteiger partial charge in [0.25, 0.3) is 0 Å². The van der Waals surface area contributed by atoms with Crippen molar-refractivity contribution in [3.63, 3.8) is 0 Å². The highest BCUT2D eigenvalue weighted by atomic mass is 16.3. The summed E-state index contributed by atoms with van der Waals surface area (Å²) in [5.41, 5.74) is 9.74. The molecular formula is C35H28N2O. The number of aromatic nitrogens is 2. The van der Waals surface area contributed by atoms with Crippen molar-refractivity contribution >= 4 is 33.0 Å². The van der Waals surface area contributed by atoms with E-state index in [9.17, 15) is 0 Å². The van der Waals surface area contributed by atoms with Gasteiger partial charge in [0.05, 0.1) is 11.0 Å². The summed E-state index contributed by atoms with van der Waals surface area (Å²) in [7, 11) is 0. The number of hydrogen-bond donors (Lipinski definition) is 0. The standard InChI is InChI=1S/C35H28N2O/c1-35(2,3)25-19-21-26(22-20-25)37-31-13-6-5-12-30(31)36-34(37)24-17-15-23(16-18-24)27-10-8-11-29-28-9-4-7-14-32(28)38-33(27)29/h4-22H,1-3H3. The molecule has 2 aromatic heterocycles. The molecule has 3 nitrogen and oxygen atoms in total. The summed E-state index contributed by atoms with van der Waals surface area (Å²) in [6.07, 6.45) is 0. The molecule has 0 saturated heterocycles. The van der Waals surface area contributed by atoms with Crippen LogP contribution in [-0.4, -0.2) is 9.55 Å². The van der Waals surface area contributed by atoms with Crippen molar-refractivity contribution in [1.82, 2.24) is 9.55 Å². The number of fused-ring (bicyclic) bond motifs is 4. The van der Waals surface area contributed by atoms with Crippen LogP contribution in [0.15, 0.2) is 120 Å². The van der Waals surface area contributed by atoms with Crippen LogP contribution in [0.25, 0.3) is 61.2 Å². The first-order valence-corrected chi connectivity index (χ1v) is 13.1. The smallest absolute Gasteiger partial charge is 0.145 e. The first-order chi connectivity index (χ1) is 18.5. The van der Waals surface area contributed by atoms with Crippen molar-refractivity contribution in [3.05, 3.63) is 121 Å². The van der Waals surface area contributed by atoms with Crippen LogP contribution in [0.2, 0.25) is 0 Å². The molecule has 0 N–H and O–H groups in total. The Balaban J connectivity index is 1.34. The largest absolute Gasteiger partial charge is 0.455 e. The summed E-state index contributed by atoms with van der Waals surface area (Å²) in [5, 5.41) is 2.29. The van der Waals surface area contributed by atoms with Crippen LogP contribution in [-0.2, 0) is 5.41 Å². The van der Waals surface area contributed by atoms with E-state index in [0.717, 1.165) is 61.2 Å². The zero-order chi connectivity index (χ0) is 25.9. The van der Waals surface area contributed by atoms with E-state index in [1.54, 1.807) is 0 Å². The SMILES string of the molecule is CC(C)(C)c1ccc(-n2c(-c3ccc(-c4cccc5c4oc4ccccc45)cc3)nc3ccccc32)cc1. The molecule has 0 aliphatic carbocycles. The maximum absolute atomic E-state index is 6.29. The van der Waals surface area contributed by atoms with Crippen molar-refractivity contribution in [2.24, 2.45) is 0 Å². The Kier molecular flexibility index (Phi) is 5.02. The zero-order valence-electron chi connectivity index (χ0n) is 21.8. The maximum atomic E-state index is 6.29. The molecule has 0 bridgehead atoms. The lowest BCUT2D eigenvalue weighted by Gasteiger charge is -2.19.